The maximum Gasteiger partial charge on any atom is 0.130 e. The number of benzene rings is 2. The summed E-state index contributed by atoms with van der Waals surface area (Å²) in [5.74, 6) is 2.13. The van der Waals surface area contributed by atoms with Crippen molar-refractivity contribution in [3.8, 4) is 5.75 Å². The number of nitrogens with two attached hydrogens (primary N) is 1. The molecule has 0 amide bonds. The zero-order valence-electron chi connectivity index (χ0n) is 19.6. The summed E-state index contributed by atoms with van der Waals surface area (Å²) in [6.07, 6.45) is 10.5. The van der Waals surface area contributed by atoms with E-state index in [9.17, 15) is 0 Å². The Hall–Kier alpha value is -3.38. The summed E-state index contributed by atoms with van der Waals surface area (Å²) in [7, 11) is 0. The minimum Gasteiger partial charge on any atom is -0.493 e. The van der Waals surface area contributed by atoms with E-state index in [0.29, 0.717) is 23.0 Å². The summed E-state index contributed by atoms with van der Waals surface area (Å²) in [6.45, 7) is 6.92. The molecule has 2 aromatic rings. The van der Waals surface area contributed by atoms with Gasteiger partial charge < -0.3 is 26.5 Å². The molecule has 1 aliphatic heterocycles. The molecule has 1 heterocycles. The highest BCUT2D eigenvalue weighted by Gasteiger charge is 2.14. The van der Waals surface area contributed by atoms with Crippen molar-refractivity contribution in [3.63, 3.8) is 0 Å². The maximum atomic E-state index is 7.54. The first kappa shape index (κ1) is 24.3. The van der Waals surface area contributed by atoms with Crippen molar-refractivity contribution in [3.05, 3.63) is 71.8 Å². The average molecular weight is 446 g/mol. The van der Waals surface area contributed by atoms with Gasteiger partial charge in [0.1, 0.15) is 11.6 Å². The maximum absolute atomic E-state index is 7.54. The fourth-order valence-electron chi connectivity index (χ4n) is 3.77. The van der Waals surface area contributed by atoms with Crippen LogP contribution in [0, 0.1) is 11.3 Å². The quantitative estimate of drug-likeness (QED) is 0.233. The third-order valence-electron chi connectivity index (χ3n) is 5.49. The molecule has 1 aliphatic rings. The van der Waals surface area contributed by atoms with Crippen LogP contribution in [0.2, 0.25) is 0 Å². The van der Waals surface area contributed by atoms with E-state index in [0.717, 1.165) is 48.8 Å². The van der Waals surface area contributed by atoms with E-state index in [4.69, 9.17) is 20.9 Å². The van der Waals surface area contributed by atoms with Crippen molar-refractivity contribution in [2.24, 2.45) is 10.9 Å². The largest absolute Gasteiger partial charge is 0.493 e. The van der Waals surface area contributed by atoms with Crippen molar-refractivity contribution in [2.45, 2.75) is 33.1 Å². The number of anilines is 2. The zero-order chi connectivity index (χ0) is 23.5. The van der Waals surface area contributed by atoms with E-state index < -0.39 is 0 Å². The van der Waals surface area contributed by atoms with Crippen molar-refractivity contribution >= 4 is 29.1 Å². The number of allylic oxidation sites excluding steroid dienone is 2. The van der Waals surface area contributed by atoms with Crippen LogP contribution in [0.1, 0.15) is 44.2 Å². The molecule has 0 radical (unpaired) electrons. The van der Waals surface area contributed by atoms with E-state index in [1.54, 1.807) is 6.07 Å². The molecule has 2 aromatic carbocycles. The predicted molar refractivity (Wildman–Crippen MR) is 140 cm³/mol. The molecule has 33 heavy (non-hydrogen) atoms. The highest BCUT2D eigenvalue weighted by molar-refractivity contribution is 6.06. The van der Waals surface area contributed by atoms with Crippen molar-refractivity contribution in [1.29, 1.82) is 5.41 Å². The lowest BCUT2D eigenvalue weighted by Crippen LogP contribution is -2.33. The fraction of sp³-hybridized carbons (Fsp3) is 0.333. The van der Waals surface area contributed by atoms with E-state index in [2.05, 4.69) is 35.8 Å². The van der Waals surface area contributed by atoms with Gasteiger partial charge in [-0.05, 0) is 69.1 Å². The molecule has 1 saturated heterocycles. The average Bonchev–Trinajstić information content (AvgIpc) is 2.84. The topological polar surface area (TPSA) is 95.5 Å². The van der Waals surface area contributed by atoms with Gasteiger partial charge in [-0.25, -0.2) is 4.99 Å². The number of nitrogens with zero attached hydrogens (tertiary/aromatic N) is 1. The van der Waals surface area contributed by atoms with Gasteiger partial charge in [-0.3, -0.25) is 0 Å². The van der Waals surface area contributed by atoms with Gasteiger partial charge in [0.2, 0.25) is 0 Å². The van der Waals surface area contributed by atoms with Gasteiger partial charge in [0, 0.05) is 41.2 Å². The van der Waals surface area contributed by atoms with Gasteiger partial charge in [-0.1, -0.05) is 31.2 Å². The molecule has 3 rings (SSSR count). The normalized spacial score (nSPS) is 17.2. The highest BCUT2D eigenvalue weighted by Crippen LogP contribution is 2.24. The second-order valence-corrected chi connectivity index (χ2v) is 8.16. The van der Waals surface area contributed by atoms with E-state index in [-0.39, 0.29) is 0 Å². The second kappa shape index (κ2) is 12.6. The summed E-state index contributed by atoms with van der Waals surface area (Å²) >= 11 is 0. The van der Waals surface area contributed by atoms with Gasteiger partial charge >= 0.3 is 0 Å². The SMILES string of the molecule is C\C=C/C(=N/C(=C/CC)c1cccc(OCC2CCCNC2)c1)Nc1ccc(N)c(C=N)c1. The summed E-state index contributed by atoms with van der Waals surface area (Å²) in [5, 5.41) is 14.3. The van der Waals surface area contributed by atoms with Gasteiger partial charge in [0.25, 0.3) is 0 Å². The van der Waals surface area contributed by atoms with E-state index >= 15 is 0 Å². The summed E-state index contributed by atoms with van der Waals surface area (Å²) in [6, 6.07) is 13.7. The molecule has 5 N–H and O–H groups in total. The van der Waals surface area contributed by atoms with Crippen LogP contribution >= 0.6 is 0 Å². The first-order valence-electron chi connectivity index (χ1n) is 11.7. The molecule has 0 aliphatic carbocycles. The standard InChI is InChI=1S/C27H35N5O/c1-3-7-26(21-10-5-11-24(16-21)33-19-20-9-6-14-30-18-20)32-27(8-4-2)31-23-12-13-25(29)22(15-23)17-28/h4-5,7-8,10-13,15-17,20,28,30H,3,6,9,14,18-19,29H2,1-2H3,(H,31,32)/b8-4-,26-7+,28-17?. The molecular weight excluding hydrogens is 410 g/mol. The first-order valence-corrected chi connectivity index (χ1v) is 11.7. The van der Waals surface area contributed by atoms with Gasteiger partial charge in [0.05, 0.1) is 12.3 Å². The van der Waals surface area contributed by atoms with Crippen LogP contribution in [0.25, 0.3) is 5.70 Å². The molecule has 0 spiro atoms. The Labute approximate surface area is 197 Å². The van der Waals surface area contributed by atoms with Crippen LogP contribution in [0.4, 0.5) is 11.4 Å². The molecule has 1 atom stereocenters. The van der Waals surface area contributed by atoms with Crippen LogP contribution in [-0.2, 0) is 0 Å². The second-order valence-electron chi connectivity index (χ2n) is 8.16. The number of nitrogens with one attached hydrogen (secondary N) is 3. The Balaban J connectivity index is 1.81. The monoisotopic (exact) mass is 445 g/mol. The number of hydrogen-bond donors (Lipinski definition) is 4. The molecule has 0 aromatic heterocycles. The lowest BCUT2D eigenvalue weighted by atomic mass is 10.0. The summed E-state index contributed by atoms with van der Waals surface area (Å²) in [5.41, 5.74) is 9.89. The Kier molecular flexibility index (Phi) is 9.27. The minimum atomic E-state index is 0.558. The third-order valence-corrected chi connectivity index (χ3v) is 5.49. The van der Waals surface area contributed by atoms with Crippen LogP contribution in [0.3, 0.4) is 0 Å². The van der Waals surface area contributed by atoms with E-state index in [1.807, 2.05) is 43.3 Å². The Bertz CT molecular complexity index is 1020. The molecule has 0 bridgehead atoms. The number of piperidine rings is 1. The Morgan fingerprint density at radius 2 is 2.18 bits per heavy atom. The molecule has 1 unspecified atom stereocenters. The fourth-order valence-corrected chi connectivity index (χ4v) is 3.77. The van der Waals surface area contributed by atoms with Crippen molar-refractivity contribution in [1.82, 2.24) is 5.32 Å². The molecule has 0 saturated carbocycles. The summed E-state index contributed by atoms with van der Waals surface area (Å²) < 4.78 is 6.12. The smallest absolute Gasteiger partial charge is 0.130 e. The Morgan fingerprint density at radius 3 is 2.91 bits per heavy atom. The molecule has 6 nitrogen and oxygen atoms in total. The minimum absolute atomic E-state index is 0.558. The van der Waals surface area contributed by atoms with Crippen molar-refractivity contribution < 1.29 is 4.74 Å². The van der Waals surface area contributed by atoms with Gasteiger partial charge in [-0.2, -0.15) is 0 Å². The number of nitrogen functional groups attached to an aromatic ring is 1. The van der Waals surface area contributed by atoms with Gasteiger partial charge in [0.15, 0.2) is 0 Å². The van der Waals surface area contributed by atoms with Crippen LogP contribution in [0.5, 0.6) is 5.75 Å². The summed E-state index contributed by atoms with van der Waals surface area (Å²) in [4.78, 5) is 4.92. The van der Waals surface area contributed by atoms with E-state index in [1.165, 1.54) is 19.1 Å². The third kappa shape index (κ3) is 7.32. The van der Waals surface area contributed by atoms with Crippen LogP contribution in [-0.4, -0.2) is 31.7 Å². The first-order chi connectivity index (χ1) is 16.1. The zero-order valence-corrected chi connectivity index (χ0v) is 19.6. The highest BCUT2D eigenvalue weighted by atomic mass is 16.5. The van der Waals surface area contributed by atoms with Gasteiger partial charge in [-0.15, -0.1) is 0 Å². The number of ether oxygens (including phenoxy) is 1. The van der Waals surface area contributed by atoms with Crippen LogP contribution < -0.4 is 21.1 Å². The lowest BCUT2D eigenvalue weighted by Gasteiger charge is -2.22. The van der Waals surface area contributed by atoms with Crippen LogP contribution in [0.15, 0.2) is 65.7 Å². The number of aliphatic imine (C=N–C) groups is 1. The number of rotatable bonds is 9. The molecule has 6 heteroatoms. The molecule has 1 fully saturated rings. The molecular formula is C27H35N5O. The van der Waals surface area contributed by atoms with Crippen molar-refractivity contribution in [2.75, 3.05) is 30.7 Å². The number of hydrogen-bond acceptors (Lipinski definition) is 5. The molecule has 174 valence electrons. The predicted octanol–water partition coefficient (Wildman–Crippen LogP) is 5.48. The lowest BCUT2D eigenvalue weighted by molar-refractivity contribution is 0.218. The number of amidine groups is 1. The Morgan fingerprint density at radius 1 is 1.30 bits per heavy atom.